The van der Waals surface area contributed by atoms with Crippen LogP contribution in [0.5, 0.6) is 0 Å². The number of fused-ring (bicyclic) bond motifs is 7. The van der Waals surface area contributed by atoms with E-state index in [9.17, 15) is 61.0 Å². The average Bonchev–Trinajstić information content (AvgIpc) is 3.24. The Hall–Kier alpha value is -1.43. The number of ether oxygens (including phenoxy) is 6. The summed E-state index contributed by atoms with van der Waals surface area (Å²) in [6.07, 6.45) is -16.1. The van der Waals surface area contributed by atoms with E-state index in [2.05, 4.69) is 47.6 Å². The molecule has 7 fully saturated rings. The zero-order chi connectivity index (χ0) is 47.6. The maximum absolute atomic E-state index is 12.4. The van der Waals surface area contributed by atoms with Crippen molar-refractivity contribution >= 4 is 5.97 Å². The van der Waals surface area contributed by atoms with Crippen LogP contribution in [0.2, 0.25) is 0 Å². The van der Waals surface area contributed by atoms with Crippen LogP contribution in [0.4, 0.5) is 0 Å². The molecule has 0 spiro atoms. The van der Waals surface area contributed by atoms with Crippen LogP contribution in [-0.4, -0.2) is 180 Å². The van der Waals surface area contributed by atoms with Gasteiger partial charge in [0, 0.05) is 10.8 Å². The first kappa shape index (κ1) is 50.0. The van der Waals surface area contributed by atoms with Crippen LogP contribution in [0.25, 0.3) is 0 Å². The monoisotopic (exact) mass is 929 g/mol. The number of aliphatic hydroxyl groups is 10. The van der Waals surface area contributed by atoms with Gasteiger partial charge in [-0.1, -0.05) is 60.1 Å². The van der Waals surface area contributed by atoms with Gasteiger partial charge in [0.2, 0.25) is 0 Å². The minimum absolute atomic E-state index is 0.0207. The third kappa shape index (κ3) is 7.80. The molecule has 18 heteroatoms. The van der Waals surface area contributed by atoms with Gasteiger partial charge >= 0.3 is 5.97 Å². The number of aliphatic hydroxyl groups excluding tert-OH is 10. The first-order chi connectivity index (χ1) is 30.3. The summed E-state index contributed by atoms with van der Waals surface area (Å²) in [6, 6.07) is 0. The van der Waals surface area contributed by atoms with Gasteiger partial charge in [0.25, 0.3) is 0 Å². The summed E-state index contributed by atoms with van der Waals surface area (Å²) in [6.45, 7) is 14.5. The lowest BCUT2D eigenvalue weighted by atomic mass is 9.33. The van der Waals surface area contributed by atoms with Gasteiger partial charge in [-0.25, -0.2) is 4.79 Å². The zero-order valence-corrected chi connectivity index (χ0v) is 38.8. The molecule has 8 aliphatic rings. The predicted molar refractivity (Wildman–Crippen MR) is 226 cm³/mol. The summed E-state index contributed by atoms with van der Waals surface area (Å²) in [5.41, 5.74) is 0.00468. The van der Waals surface area contributed by atoms with Crippen LogP contribution < -0.4 is 0 Å². The third-order valence-electron chi connectivity index (χ3n) is 19.1. The summed E-state index contributed by atoms with van der Waals surface area (Å²) >= 11 is 0. The van der Waals surface area contributed by atoms with Crippen molar-refractivity contribution in [3.63, 3.8) is 0 Å². The van der Waals surface area contributed by atoms with E-state index in [1.54, 1.807) is 0 Å². The molecular formula is C47H76O18. The van der Waals surface area contributed by atoms with E-state index in [1.807, 2.05) is 6.92 Å². The number of carbonyl (C=O) groups is 1. The molecule has 3 heterocycles. The second kappa shape index (κ2) is 17.5. The van der Waals surface area contributed by atoms with E-state index in [4.69, 9.17) is 28.4 Å². The van der Waals surface area contributed by atoms with Gasteiger partial charge in [-0.05, 0) is 97.2 Å². The van der Waals surface area contributed by atoms with Crippen molar-refractivity contribution in [1.29, 1.82) is 0 Å². The lowest BCUT2D eigenvalue weighted by Crippen LogP contribution is -2.68. The molecule has 65 heavy (non-hydrogen) atoms. The molecule has 0 radical (unpaired) electrons. The molecule has 3 saturated heterocycles. The highest BCUT2D eigenvalue weighted by Crippen LogP contribution is 2.76. The summed E-state index contributed by atoms with van der Waals surface area (Å²) < 4.78 is 35.8. The Morgan fingerprint density at radius 3 is 2.03 bits per heavy atom. The molecule has 5 aliphatic carbocycles. The Labute approximate surface area is 380 Å². The minimum Gasteiger partial charge on any atom is -0.479 e. The quantitative estimate of drug-likeness (QED) is 0.110. The second-order valence-corrected chi connectivity index (χ2v) is 23.2. The molecule has 8 rings (SSSR count). The summed E-state index contributed by atoms with van der Waals surface area (Å²) in [5, 5.41) is 119. The fourth-order valence-corrected chi connectivity index (χ4v) is 14.9. The van der Waals surface area contributed by atoms with E-state index in [1.165, 1.54) is 5.57 Å². The minimum atomic E-state index is -2.04. The van der Waals surface area contributed by atoms with Crippen LogP contribution in [-0.2, 0) is 33.2 Å². The fourth-order valence-electron chi connectivity index (χ4n) is 14.9. The van der Waals surface area contributed by atoms with Gasteiger partial charge in [-0.3, -0.25) is 0 Å². The number of carboxylic acids is 1. The molecule has 24 unspecified atom stereocenters. The molecule has 18 nitrogen and oxygen atoms in total. The first-order valence-electron chi connectivity index (χ1n) is 23.8. The van der Waals surface area contributed by atoms with Crippen LogP contribution in [0.3, 0.4) is 0 Å². The molecule has 3 aliphatic heterocycles. The van der Waals surface area contributed by atoms with Crippen molar-refractivity contribution in [3.05, 3.63) is 11.6 Å². The predicted octanol–water partition coefficient (Wildman–Crippen LogP) is 0.316. The molecular weight excluding hydrogens is 852 g/mol. The highest BCUT2D eigenvalue weighted by Gasteiger charge is 2.70. The van der Waals surface area contributed by atoms with Gasteiger partial charge in [0.15, 0.2) is 25.0 Å². The number of carboxylic acid groups (broad SMARTS) is 1. The Kier molecular flexibility index (Phi) is 13.4. The molecule has 0 bridgehead atoms. The lowest BCUT2D eigenvalue weighted by Gasteiger charge is -2.72. The molecule has 4 saturated carbocycles. The first-order valence-corrected chi connectivity index (χ1v) is 23.8. The van der Waals surface area contributed by atoms with Crippen molar-refractivity contribution in [3.8, 4) is 0 Å². The van der Waals surface area contributed by atoms with Crippen molar-refractivity contribution < 1.29 is 89.4 Å². The summed E-state index contributed by atoms with van der Waals surface area (Å²) in [7, 11) is 0. The Morgan fingerprint density at radius 2 is 1.37 bits per heavy atom. The Balaban J connectivity index is 1.06. The molecule has 0 aromatic carbocycles. The van der Waals surface area contributed by atoms with Gasteiger partial charge in [-0.2, -0.15) is 0 Å². The smallest absolute Gasteiger partial charge is 0.335 e. The Morgan fingerprint density at radius 1 is 0.692 bits per heavy atom. The molecule has 372 valence electrons. The van der Waals surface area contributed by atoms with Crippen molar-refractivity contribution in [2.24, 2.45) is 50.2 Å². The van der Waals surface area contributed by atoms with Gasteiger partial charge in [0.1, 0.15) is 61.0 Å². The SMILES string of the molecule is CC1(C)CC(O)C2(C)CCC3(C)C(=CCC4C5(C)CCC(OC6OC(C(=O)O)C(O)C(O)C6OC6OCC(O)C(O)C6OC6OC(CO)C(O)C(O)C6O)C(C)(CO)C5CCC43C)C2C1. The topological polar surface area (TPSA) is 295 Å². The van der Waals surface area contributed by atoms with Crippen LogP contribution >= 0.6 is 0 Å². The average molecular weight is 929 g/mol. The van der Waals surface area contributed by atoms with Crippen LogP contribution in [0, 0.1) is 50.2 Å². The maximum Gasteiger partial charge on any atom is 0.335 e. The largest absolute Gasteiger partial charge is 0.479 e. The summed E-state index contributed by atoms with van der Waals surface area (Å²) in [5.74, 6) is -1.11. The van der Waals surface area contributed by atoms with Gasteiger partial charge in [-0.15, -0.1) is 0 Å². The van der Waals surface area contributed by atoms with Crippen LogP contribution in [0.15, 0.2) is 11.6 Å². The fraction of sp³-hybridized carbons (Fsp3) is 0.936. The highest BCUT2D eigenvalue weighted by atomic mass is 16.8. The standard InChI is InChI=1S/C47H76O18/c1-42(2)16-22-21-8-9-26-44(4)12-11-28(45(5,20-49)25(44)10-13-47(26,7)46(21,6)15-14-43(22,3)27(51)17-42)62-41-37(33(56)32(55)35(63-41)38(58)59)65-40-36(29(52)23(50)19-60-40)64-39-34(57)31(54)30(53)24(18-48)61-39/h8,22-37,39-41,48-57H,9-20H2,1-7H3,(H,58,59). The van der Waals surface area contributed by atoms with E-state index in [0.717, 1.165) is 44.9 Å². The second-order valence-electron chi connectivity index (χ2n) is 23.2. The molecule has 0 aromatic heterocycles. The number of aliphatic carboxylic acids is 1. The zero-order valence-electron chi connectivity index (χ0n) is 38.8. The van der Waals surface area contributed by atoms with Crippen molar-refractivity contribution in [1.82, 2.24) is 0 Å². The number of rotatable bonds is 9. The van der Waals surface area contributed by atoms with E-state index in [-0.39, 0.29) is 57.5 Å². The molecule has 0 aromatic rings. The van der Waals surface area contributed by atoms with E-state index >= 15 is 0 Å². The number of allylic oxidation sites excluding steroid dienone is 2. The molecule has 24 atom stereocenters. The Bertz CT molecular complexity index is 1780. The van der Waals surface area contributed by atoms with Gasteiger partial charge < -0.3 is 84.6 Å². The molecule has 0 amide bonds. The summed E-state index contributed by atoms with van der Waals surface area (Å²) in [4.78, 5) is 12.4. The van der Waals surface area contributed by atoms with E-state index < -0.39 is 117 Å². The maximum atomic E-state index is 12.4. The van der Waals surface area contributed by atoms with Crippen molar-refractivity contribution in [2.45, 2.75) is 204 Å². The number of hydrogen-bond donors (Lipinski definition) is 11. The van der Waals surface area contributed by atoms with Crippen molar-refractivity contribution in [2.75, 3.05) is 19.8 Å². The highest BCUT2D eigenvalue weighted by molar-refractivity contribution is 5.73. The van der Waals surface area contributed by atoms with E-state index in [0.29, 0.717) is 12.8 Å². The van der Waals surface area contributed by atoms with Gasteiger partial charge in [0.05, 0.1) is 32.0 Å². The molecule has 11 N–H and O–H groups in total. The third-order valence-corrected chi connectivity index (χ3v) is 19.1. The normalized spacial score (nSPS) is 55.5. The van der Waals surface area contributed by atoms with Crippen LogP contribution in [0.1, 0.15) is 106 Å². The number of hydrogen-bond acceptors (Lipinski definition) is 17. The lowest BCUT2D eigenvalue weighted by molar-refractivity contribution is -0.388.